The first-order valence-electron chi connectivity index (χ1n) is 4.81. The largest absolute Gasteiger partial charge is 0.381 e. The minimum absolute atomic E-state index is 0.122. The van der Waals surface area contributed by atoms with E-state index in [0.29, 0.717) is 0 Å². The van der Waals surface area contributed by atoms with Gasteiger partial charge in [0.2, 0.25) is 0 Å². The smallest absolute Gasteiger partial charge is 0.260 e. The van der Waals surface area contributed by atoms with Crippen LogP contribution in [0.5, 0.6) is 0 Å². The highest BCUT2D eigenvalue weighted by Gasteiger charge is 2.67. The Hall–Kier alpha value is -0.585. The maximum Gasteiger partial charge on any atom is 0.260 e. The molecule has 0 N–H and O–H groups in total. The number of methoxy groups -OCH3 is 2. The fourth-order valence-corrected chi connectivity index (χ4v) is 2.58. The van der Waals surface area contributed by atoms with Crippen LogP contribution in [0.1, 0.15) is 0 Å². The maximum atomic E-state index is 12.0. The van der Waals surface area contributed by atoms with Crippen LogP contribution < -0.4 is 0 Å². The molecule has 82 valence electrons. The van der Waals surface area contributed by atoms with Crippen LogP contribution in [0.4, 0.5) is 0 Å². The van der Waals surface area contributed by atoms with E-state index >= 15 is 0 Å². The van der Waals surface area contributed by atoms with E-state index in [1.54, 1.807) is 19.1 Å². The summed E-state index contributed by atoms with van der Waals surface area (Å²) in [5.74, 6) is -0.122. The van der Waals surface area contributed by atoms with Gasteiger partial charge in [-0.1, -0.05) is 0 Å². The molecule has 1 amide bonds. The summed E-state index contributed by atoms with van der Waals surface area (Å²) in [6, 6.07) is -0.731. The number of carbonyl (C=O) groups excluding carboxylic acids is 1. The monoisotopic (exact) mass is 211 g/mol. The highest BCUT2D eigenvalue weighted by molar-refractivity contribution is 6.13. The number of amides is 1. The molecule has 2 unspecified atom stereocenters. The second-order valence-electron chi connectivity index (χ2n) is 3.97. The van der Waals surface area contributed by atoms with Crippen molar-refractivity contribution in [3.05, 3.63) is 0 Å². The molecule has 6 heteroatoms. The Labute approximate surface area is 90.1 Å². The standard InChI is InChI=1S/C9H14BNO4/c1-11-5-6(14-3)9(4-13-2,8(11)12)15-7(5)10/h5-7H,4H2,1-3H3/t5?,6?,7-,9-/m1/s1. The number of carbonyl (C=O) groups is 1. The fourth-order valence-electron chi connectivity index (χ4n) is 2.58. The lowest BCUT2D eigenvalue weighted by Crippen LogP contribution is -2.53. The maximum absolute atomic E-state index is 12.0. The SMILES string of the molecule is [B][C@@H]1O[C@@]2(COC)C(=O)N(C)C1C2OC. The number of likely N-dealkylation sites (tertiary alicyclic amines) is 1. The molecule has 2 rings (SSSR count). The molecule has 5 nitrogen and oxygen atoms in total. The molecule has 2 heterocycles. The van der Waals surface area contributed by atoms with Gasteiger partial charge in [0.1, 0.15) is 14.0 Å². The first-order valence-corrected chi connectivity index (χ1v) is 4.81. The third-order valence-corrected chi connectivity index (χ3v) is 3.20. The van der Waals surface area contributed by atoms with Crippen molar-refractivity contribution in [2.24, 2.45) is 0 Å². The lowest BCUT2D eigenvalue weighted by Gasteiger charge is -2.32. The van der Waals surface area contributed by atoms with Crippen molar-refractivity contribution in [2.45, 2.75) is 23.8 Å². The summed E-state index contributed by atoms with van der Waals surface area (Å²) >= 11 is 0. The minimum Gasteiger partial charge on any atom is -0.381 e. The second-order valence-corrected chi connectivity index (χ2v) is 3.97. The van der Waals surface area contributed by atoms with Gasteiger partial charge in [-0.25, -0.2) is 0 Å². The Morgan fingerprint density at radius 2 is 2.27 bits per heavy atom. The zero-order valence-electron chi connectivity index (χ0n) is 9.10. The molecule has 2 bridgehead atoms. The molecule has 4 atom stereocenters. The summed E-state index contributed by atoms with van der Waals surface area (Å²) in [6.07, 6.45) is -0.357. The number of morpholine rings is 1. The molecule has 2 aliphatic heterocycles. The van der Waals surface area contributed by atoms with Gasteiger partial charge in [-0.15, -0.1) is 0 Å². The van der Waals surface area contributed by atoms with E-state index in [-0.39, 0.29) is 24.7 Å². The van der Waals surface area contributed by atoms with Crippen LogP contribution in [0, 0.1) is 0 Å². The van der Waals surface area contributed by atoms with Crippen molar-refractivity contribution in [2.75, 3.05) is 27.9 Å². The lowest BCUT2D eigenvalue weighted by molar-refractivity contribution is -0.169. The molecule has 0 aromatic carbocycles. The summed E-state index contributed by atoms with van der Waals surface area (Å²) in [4.78, 5) is 13.6. The van der Waals surface area contributed by atoms with Gasteiger partial charge >= 0.3 is 0 Å². The first kappa shape index (κ1) is 10.9. The van der Waals surface area contributed by atoms with E-state index in [1.165, 1.54) is 7.11 Å². The van der Waals surface area contributed by atoms with Crippen molar-refractivity contribution in [3.8, 4) is 0 Å². The van der Waals surface area contributed by atoms with Crippen molar-refractivity contribution >= 4 is 13.8 Å². The highest BCUT2D eigenvalue weighted by atomic mass is 16.6. The average molecular weight is 211 g/mol. The Bertz CT molecular complexity index is 287. The van der Waals surface area contributed by atoms with E-state index in [4.69, 9.17) is 22.1 Å². The molecule has 0 spiro atoms. The van der Waals surface area contributed by atoms with E-state index in [0.717, 1.165) is 0 Å². The Morgan fingerprint density at radius 1 is 1.60 bits per heavy atom. The van der Waals surface area contributed by atoms with Gasteiger partial charge in [-0.05, 0) is 0 Å². The zero-order valence-corrected chi connectivity index (χ0v) is 9.10. The number of hydrogen-bond acceptors (Lipinski definition) is 4. The van der Waals surface area contributed by atoms with Crippen LogP contribution in [0.25, 0.3) is 0 Å². The molecule has 0 saturated carbocycles. The highest BCUT2D eigenvalue weighted by Crippen LogP contribution is 2.42. The number of nitrogens with zero attached hydrogens (tertiary/aromatic N) is 1. The normalized spacial score (nSPS) is 44.1. The summed E-state index contributed by atoms with van der Waals surface area (Å²) in [6.45, 7) is 0.166. The van der Waals surface area contributed by atoms with Gasteiger partial charge in [0.25, 0.3) is 5.91 Å². The summed E-state index contributed by atoms with van der Waals surface area (Å²) < 4.78 is 15.9. The molecular formula is C9H14BNO4. The summed E-state index contributed by atoms with van der Waals surface area (Å²) in [7, 11) is 10.6. The van der Waals surface area contributed by atoms with E-state index in [9.17, 15) is 4.79 Å². The quantitative estimate of drug-likeness (QED) is 0.547. The molecule has 2 fully saturated rings. The molecule has 15 heavy (non-hydrogen) atoms. The van der Waals surface area contributed by atoms with Crippen LogP contribution in [0.15, 0.2) is 0 Å². The predicted molar refractivity (Wildman–Crippen MR) is 52.6 cm³/mol. The fraction of sp³-hybridized carbons (Fsp3) is 0.889. The van der Waals surface area contributed by atoms with Gasteiger partial charge in [0.05, 0.1) is 12.6 Å². The number of rotatable bonds is 3. The molecule has 0 aliphatic carbocycles. The number of likely N-dealkylation sites (N-methyl/N-ethyl adjacent to an activating group) is 1. The first-order chi connectivity index (χ1) is 7.08. The minimum atomic E-state index is -1.05. The van der Waals surface area contributed by atoms with Gasteiger partial charge in [0.15, 0.2) is 5.60 Å². The Kier molecular flexibility index (Phi) is 2.52. The van der Waals surface area contributed by atoms with Crippen LogP contribution in [-0.2, 0) is 19.0 Å². The number of fused-ring (bicyclic) bond motifs is 2. The molecular weight excluding hydrogens is 197 g/mol. The predicted octanol–water partition coefficient (Wildman–Crippen LogP) is -1.25. The third kappa shape index (κ3) is 1.18. The van der Waals surface area contributed by atoms with Crippen LogP contribution in [0.2, 0.25) is 0 Å². The molecule has 2 radical (unpaired) electrons. The van der Waals surface area contributed by atoms with Gasteiger partial charge in [-0.3, -0.25) is 4.79 Å². The van der Waals surface area contributed by atoms with Crippen molar-refractivity contribution in [1.82, 2.24) is 4.90 Å². The topological polar surface area (TPSA) is 48.0 Å². The van der Waals surface area contributed by atoms with E-state index < -0.39 is 11.6 Å². The van der Waals surface area contributed by atoms with Gasteiger partial charge < -0.3 is 19.1 Å². The Morgan fingerprint density at radius 3 is 2.80 bits per heavy atom. The van der Waals surface area contributed by atoms with Crippen LogP contribution in [0.3, 0.4) is 0 Å². The summed E-state index contributed by atoms with van der Waals surface area (Å²) in [5.41, 5.74) is -1.05. The van der Waals surface area contributed by atoms with Crippen molar-refractivity contribution in [3.63, 3.8) is 0 Å². The van der Waals surface area contributed by atoms with E-state index in [1.807, 2.05) is 0 Å². The Balaban J connectivity index is 2.37. The number of hydrogen-bond donors (Lipinski definition) is 0. The molecule has 0 aromatic rings. The summed E-state index contributed by atoms with van der Waals surface area (Å²) in [5, 5.41) is 0. The lowest BCUT2D eigenvalue weighted by atomic mass is 9.90. The van der Waals surface area contributed by atoms with E-state index in [2.05, 4.69) is 0 Å². The molecule has 0 aromatic heterocycles. The van der Waals surface area contributed by atoms with Gasteiger partial charge in [0, 0.05) is 27.3 Å². The van der Waals surface area contributed by atoms with Crippen molar-refractivity contribution < 1.29 is 19.0 Å². The average Bonchev–Trinajstić information content (AvgIpc) is 2.58. The number of ether oxygens (including phenoxy) is 3. The zero-order chi connectivity index (χ0) is 11.2. The third-order valence-electron chi connectivity index (χ3n) is 3.20. The van der Waals surface area contributed by atoms with Crippen LogP contribution in [-0.4, -0.2) is 70.3 Å². The van der Waals surface area contributed by atoms with Crippen molar-refractivity contribution in [1.29, 1.82) is 0 Å². The van der Waals surface area contributed by atoms with Crippen LogP contribution >= 0.6 is 0 Å². The molecule has 2 aliphatic rings. The molecule has 2 saturated heterocycles. The van der Waals surface area contributed by atoms with Gasteiger partial charge in [-0.2, -0.15) is 0 Å². The second kappa shape index (κ2) is 3.47.